The Balaban J connectivity index is 4.35. The lowest BCUT2D eigenvalue weighted by Crippen LogP contribution is -2.30. The first-order valence-electron chi connectivity index (χ1n) is 25.8. The Morgan fingerprint density at radius 1 is 0.344 bits per heavy atom. The van der Waals surface area contributed by atoms with E-state index < -0.39 is 6.10 Å². The molecule has 0 amide bonds. The molecule has 0 aromatic carbocycles. The number of hydrogen-bond acceptors (Lipinski definition) is 6. The fraction of sp³-hybridized carbons (Fsp3) is 0.764. The van der Waals surface area contributed by atoms with Crippen LogP contribution in [0.1, 0.15) is 252 Å². The highest BCUT2D eigenvalue weighted by Gasteiger charge is 2.19. The van der Waals surface area contributed by atoms with Gasteiger partial charge in [0.05, 0.1) is 0 Å². The Hall–Kier alpha value is -2.89. The van der Waals surface area contributed by atoms with Crippen molar-refractivity contribution in [2.45, 2.75) is 258 Å². The van der Waals surface area contributed by atoms with Gasteiger partial charge in [-0.3, -0.25) is 14.4 Å². The van der Waals surface area contributed by atoms with Crippen molar-refractivity contribution in [1.29, 1.82) is 0 Å². The summed E-state index contributed by atoms with van der Waals surface area (Å²) in [6.07, 6.45) is 60.7. The molecule has 0 heterocycles. The van der Waals surface area contributed by atoms with E-state index in [1.165, 1.54) is 128 Å². The molecule has 0 saturated carbocycles. The number of unbranched alkanes of at least 4 members (excludes halogenated alkanes) is 25. The van der Waals surface area contributed by atoms with Crippen LogP contribution in [0, 0.1) is 0 Å². The average molecular weight is 853 g/mol. The monoisotopic (exact) mass is 853 g/mol. The van der Waals surface area contributed by atoms with Gasteiger partial charge in [-0.15, -0.1) is 0 Å². The minimum atomic E-state index is -0.793. The van der Waals surface area contributed by atoms with Crippen molar-refractivity contribution in [1.82, 2.24) is 0 Å². The topological polar surface area (TPSA) is 78.9 Å². The molecule has 1 atom stereocenters. The van der Waals surface area contributed by atoms with Gasteiger partial charge in [0, 0.05) is 19.3 Å². The van der Waals surface area contributed by atoms with E-state index in [2.05, 4.69) is 81.5 Å². The van der Waals surface area contributed by atoms with E-state index in [0.717, 1.165) is 77.0 Å². The Morgan fingerprint density at radius 3 is 1.05 bits per heavy atom. The summed E-state index contributed by atoms with van der Waals surface area (Å²) in [5.41, 5.74) is 0. The molecule has 0 fully saturated rings. The molecular formula is C55H96O6. The first-order chi connectivity index (χ1) is 30.0. The lowest BCUT2D eigenvalue weighted by Gasteiger charge is -2.18. The van der Waals surface area contributed by atoms with Crippen LogP contribution >= 0.6 is 0 Å². The molecule has 0 aliphatic heterocycles. The van der Waals surface area contributed by atoms with Gasteiger partial charge in [-0.1, -0.05) is 210 Å². The van der Waals surface area contributed by atoms with E-state index in [1.54, 1.807) is 0 Å². The van der Waals surface area contributed by atoms with E-state index in [9.17, 15) is 14.4 Å². The molecule has 0 saturated heterocycles. The predicted octanol–water partition coefficient (Wildman–Crippen LogP) is 16.9. The van der Waals surface area contributed by atoms with Crippen LogP contribution in [0.5, 0.6) is 0 Å². The minimum Gasteiger partial charge on any atom is -0.462 e. The molecule has 0 aliphatic rings. The molecule has 0 radical (unpaired) electrons. The standard InChI is InChI=1S/C55H96O6/c1-4-7-10-13-16-19-21-23-25-26-27-28-30-31-33-36-39-42-45-48-54(57)60-51-52(50-59-53(56)47-44-41-38-35-18-15-12-9-6-3)61-55(58)49-46-43-40-37-34-32-29-24-22-20-17-14-11-8-5-2/h8,11,17,20,23-25,29,34,37,52H,4-7,9-10,12-16,18-19,21-22,26-28,30-33,35-36,38-51H2,1-3H3/b11-8-,20-17-,25-23-,29-24-,37-34-. The molecule has 0 bridgehead atoms. The maximum absolute atomic E-state index is 12.8. The molecule has 6 heteroatoms. The highest BCUT2D eigenvalue weighted by Crippen LogP contribution is 2.14. The fourth-order valence-electron chi connectivity index (χ4n) is 7.13. The Bertz CT molecular complexity index is 1120. The van der Waals surface area contributed by atoms with Crippen molar-refractivity contribution in [3.05, 3.63) is 60.8 Å². The van der Waals surface area contributed by atoms with E-state index >= 15 is 0 Å². The van der Waals surface area contributed by atoms with Crippen LogP contribution in [0.4, 0.5) is 0 Å². The van der Waals surface area contributed by atoms with Gasteiger partial charge < -0.3 is 14.2 Å². The van der Waals surface area contributed by atoms with Gasteiger partial charge in [-0.05, 0) is 83.5 Å². The third-order valence-corrected chi connectivity index (χ3v) is 11.0. The predicted molar refractivity (Wildman–Crippen MR) is 261 cm³/mol. The van der Waals surface area contributed by atoms with Gasteiger partial charge in [0.25, 0.3) is 0 Å². The van der Waals surface area contributed by atoms with Gasteiger partial charge in [0.15, 0.2) is 6.10 Å². The summed E-state index contributed by atoms with van der Waals surface area (Å²) in [7, 11) is 0. The molecule has 352 valence electrons. The maximum atomic E-state index is 12.8. The largest absolute Gasteiger partial charge is 0.462 e. The number of allylic oxidation sites excluding steroid dienone is 10. The number of carbonyl (C=O) groups excluding carboxylic acids is 3. The third-order valence-electron chi connectivity index (χ3n) is 11.0. The highest BCUT2D eigenvalue weighted by atomic mass is 16.6. The smallest absolute Gasteiger partial charge is 0.306 e. The van der Waals surface area contributed by atoms with Crippen molar-refractivity contribution in [3.63, 3.8) is 0 Å². The third kappa shape index (κ3) is 48.0. The van der Waals surface area contributed by atoms with Gasteiger partial charge in [-0.2, -0.15) is 0 Å². The number of carbonyl (C=O) groups is 3. The van der Waals surface area contributed by atoms with Crippen molar-refractivity contribution >= 4 is 17.9 Å². The average Bonchev–Trinajstić information content (AvgIpc) is 3.26. The van der Waals surface area contributed by atoms with Gasteiger partial charge in [-0.25, -0.2) is 0 Å². The fourth-order valence-corrected chi connectivity index (χ4v) is 7.13. The second-order valence-electron chi connectivity index (χ2n) is 17.1. The molecule has 0 aromatic rings. The molecule has 0 spiro atoms. The van der Waals surface area contributed by atoms with E-state index in [1.807, 2.05) is 0 Å². The zero-order chi connectivity index (χ0) is 44.4. The van der Waals surface area contributed by atoms with Crippen molar-refractivity contribution in [2.75, 3.05) is 13.2 Å². The van der Waals surface area contributed by atoms with E-state index in [4.69, 9.17) is 14.2 Å². The van der Waals surface area contributed by atoms with Crippen LogP contribution in [0.25, 0.3) is 0 Å². The number of esters is 3. The first kappa shape index (κ1) is 58.1. The Kier molecular flexibility index (Phi) is 47.4. The molecule has 0 aliphatic carbocycles. The maximum Gasteiger partial charge on any atom is 0.306 e. The summed E-state index contributed by atoms with van der Waals surface area (Å²) >= 11 is 0. The summed E-state index contributed by atoms with van der Waals surface area (Å²) in [4.78, 5) is 37.9. The van der Waals surface area contributed by atoms with Crippen molar-refractivity contribution < 1.29 is 28.6 Å². The second kappa shape index (κ2) is 49.8. The Labute approximate surface area is 377 Å². The highest BCUT2D eigenvalue weighted by molar-refractivity contribution is 5.71. The van der Waals surface area contributed by atoms with Gasteiger partial charge >= 0.3 is 17.9 Å². The molecule has 0 rings (SSSR count). The molecular weight excluding hydrogens is 757 g/mol. The van der Waals surface area contributed by atoms with Crippen LogP contribution < -0.4 is 0 Å². The molecule has 0 N–H and O–H groups in total. The Morgan fingerprint density at radius 2 is 0.639 bits per heavy atom. The SMILES string of the molecule is CC/C=C\C/C=C\C/C=C\C/C=C\CCCCC(=O)OC(COC(=O)CCCCCCCCCCC)COC(=O)CCCCCCCCCCC/C=C\CCCCCCCC. The van der Waals surface area contributed by atoms with Crippen LogP contribution in [0.15, 0.2) is 60.8 Å². The number of ether oxygens (including phenoxy) is 3. The lowest BCUT2D eigenvalue weighted by atomic mass is 10.1. The van der Waals surface area contributed by atoms with Crippen LogP contribution in [0.3, 0.4) is 0 Å². The van der Waals surface area contributed by atoms with Gasteiger partial charge in [0.1, 0.15) is 13.2 Å². The van der Waals surface area contributed by atoms with E-state index in [0.29, 0.717) is 19.3 Å². The summed E-state index contributed by atoms with van der Waals surface area (Å²) in [6, 6.07) is 0. The molecule has 0 aromatic heterocycles. The van der Waals surface area contributed by atoms with Crippen molar-refractivity contribution in [3.8, 4) is 0 Å². The second-order valence-corrected chi connectivity index (χ2v) is 17.1. The lowest BCUT2D eigenvalue weighted by molar-refractivity contribution is -0.167. The first-order valence-corrected chi connectivity index (χ1v) is 25.8. The summed E-state index contributed by atoms with van der Waals surface area (Å²) in [6.45, 7) is 6.47. The minimum absolute atomic E-state index is 0.0901. The van der Waals surface area contributed by atoms with Crippen molar-refractivity contribution in [2.24, 2.45) is 0 Å². The van der Waals surface area contributed by atoms with Crippen LogP contribution in [0.2, 0.25) is 0 Å². The molecule has 6 nitrogen and oxygen atoms in total. The van der Waals surface area contributed by atoms with Gasteiger partial charge in [0.2, 0.25) is 0 Å². The quantitative estimate of drug-likeness (QED) is 0.0263. The summed E-state index contributed by atoms with van der Waals surface area (Å²) in [5, 5.41) is 0. The van der Waals surface area contributed by atoms with E-state index in [-0.39, 0.29) is 37.5 Å². The normalized spacial score (nSPS) is 12.5. The molecule has 61 heavy (non-hydrogen) atoms. The zero-order valence-corrected chi connectivity index (χ0v) is 40.2. The molecule has 1 unspecified atom stereocenters. The zero-order valence-electron chi connectivity index (χ0n) is 40.2. The van der Waals surface area contributed by atoms with Crippen LogP contribution in [-0.4, -0.2) is 37.2 Å². The number of rotatable bonds is 46. The summed E-state index contributed by atoms with van der Waals surface area (Å²) < 4.78 is 16.7. The summed E-state index contributed by atoms with van der Waals surface area (Å²) in [5.74, 6) is -0.933. The van der Waals surface area contributed by atoms with Crippen LogP contribution in [-0.2, 0) is 28.6 Å². The number of hydrogen-bond donors (Lipinski definition) is 0.